The predicted octanol–water partition coefficient (Wildman–Crippen LogP) is 1.19. The van der Waals surface area contributed by atoms with Gasteiger partial charge < -0.3 is 10.9 Å². The zero-order valence-corrected chi connectivity index (χ0v) is 10.5. The highest BCUT2D eigenvalue weighted by molar-refractivity contribution is 8.00. The number of oxime groups is 1. The van der Waals surface area contributed by atoms with Crippen molar-refractivity contribution in [2.45, 2.75) is 32.1 Å². The molecule has 3 unspecified atom stereocenters. The summed E-state index contributed by atoms with van der Waals surface area (Å²) in [5.41, 5.74) is 5.58. The Balaban J connectivity index is 2.50. The van der Waals surface area contributed by atoms with E-state index in [2.05, 4.69) is 23.9 Å². The molecule has 0 aliphatic carbocycles. The van der Waals surface area contributed by atoms with E-state index in [0.29, 0.717) is 17.1 Å². The molecule has 1 fully saturated rings. The molecule has 1 heterocycles. The van der Waals surface area contributed by atoms with E-state index < -0.39 is 0 Å². The Hall–Kier alpha value is -0.420. The second-order valence-electron chi connectivity index (χ2n) is 4.24. The van der Waals surface area contributed by atoms with Gasteiger partial charge >= 0.3 is 0 Å². The molecule has 0 spiro atoms. The first kappa shape index (κ1) is 12.6. The third-order valence-electron chi connectivity index (χ3n) is 3.14. The number of rotatable bonds is 3. The van der Waals surface area contributed by atoms with Crippen LogP contribution in [0, 0.1) is 5.92 Å². The first-order valence-corrected chi connectivity index (χ1v) is 6.44. The normalized spacial score (nSPS) is 31.5. The Labute approximate surface area is 95.9 Å². The van der Waals surface area contributed by atoms with Gasteiger partial charge in [0.2, 0.25) is 0 Å². The standard InChI is InChI=1S/C10H21N3OS/c1-7(10(11)12-14)6-13-4-5-15-9(3)8(13)2/h7-9,14H,4-6H2,1-3H3,(H2,11,12). The minimum atomic E-state index is 0.118. The summed E-state index contributed by atoms with van der Waals surface area (Å²) in [7, 11) is 0. The SMILES string of the molecule is CC(CN1CCSC(C)C1C)C(N)=NO. The fourth-order valence-electron chi connectivity index (χ4n) is 1.80. The van der Waals surface area contributed by atoms with Gasteiger partial charge in [-0.3, -0.25) is 4.90 Å². The lowest BCUT2D eigenvalue weighted by Crippen LogP contribution is -2.47. The van der Waals surface area contributed by atoms with E-state index in [4.69, 9.17) is 10.9 Å². The first-order chi connectivity index (χ1) is 7.06. The molecule has 15 heavy (non-hydrogen) atoms. The molecule has 88 valence electrons. The van der Waals surface area contributed by atoms with Crippen LogP contribution in [-0.2, 0) is 0 Å². The van der Waals surface area contributed by atoms with Crippen molar-refractivity contribution in [3.63, 3.8) is 0 Å². The first-order valence-electron chi connectivity index (χ1n) is 5.39. The molecular weight excluding hydrogens is 210 g/mol. The van der Waals surface area contributed by atoms with Gasteiger partial charge in [0.15, 0.2) is 0 Å². The van der Waals surface area contributed by atoms with Crippen molar-refractivity contribution >= 4 is 17.6 Å². The van der Waals surface area contributed by atoms with Gasteiger partial charge in [-0.2, -0.15) is 11.8 Å². The summed E-state index contributed by atoms with van der Waals surface area (Å²) < 4.78 is 0. The Morgan fingerprint density at radius 1 is 1.67 bits per heavy atom. The minimum absolute atomic E-state index is 0.118. The average Bonchev–Trinajstić information content (AvgIpc) is 2.23. The lowest BCUT2D eigenvalue weighted by atomic mass is 10.1. The van der Waals surface area contributed by atoms with Gasteiger partial charge in [-0.1, -0.05) is 19.0 Å². The number of hydrogen-bond acceptors (Lipinski definition) is 4. The summed E-state index contributed by atoms with van der Waals surface area (Å²) in [5, 5.41) is 12.3. The molecule has 4 nitrogen and oxygen atoms in total. The molecule has 0 aromatic carbocycles. The van der Waals surface area contributed by atoms with Gasteiger partial charge in [-0.15, -0.1) is 0 Å². The molecule has 5 heteroatoms. The van der Waals surface area contributed by atoms with Crippen LogP contribution in [0.4, 0.5) is 0 Å². The summed E-state index contributed by atoms with van der Waals surface area (Å²) in [6.45, 7) is 8.47. The third-order valence-corrected chi connectivity index (χ3v) is 4.48. The zero-order chi connectivity index (χ0) is 11.4. The molecule has 1 aliphatic rings. The maximum atomic E-state index is 8.59. The van der Waals surface area contributed by atoms with Crippen LogP contribution in [-0.4, -0.2) is 46.1 Å². The van der Waals surface area contributed by atoms with Crippen LogP contribution < -0.4 is 5.73 Å². The van der Waals surface area contributed by atoms with Crippen LogP contribution in [0.25, 0.3) is 0 Å². The maximum absolute atomic E-state index is 8.59. The quantitative estimate of drug-likeness (QED) is 0.331. The van der Waals surface area contributed by atoms with Crippen LogP contribution in [0.1, 0.15) is 20.8 Å². The molecule has 0 aromatic rings. The molecular formula is C10H21N3OS. The predicted molar refractivity (Wildman–Crippen MR) is 65.5 cm³/mol. The van der Waals surface area contributed by atoms with Crippen LogP contribution >= 0.6 is 11.8 Å². The highest BCUT2D eigenvalue weighted by atomic mass is 32.2. The fraction of sp³-hybridized carbons (Fsp3) is 0.900. The van der Waals surface area contributed by atoms with Gasteiger partial charge in [0.25, 0.3) is 0 Å². The van der Waals surface area contributed by atoms with Gasteiger partial charge in [-0.05, 0) is 6.92 Å². The summed E-state index contributed by atoms with van der Waals surface area (Å²) in [6.07, 6.45) is 0. The molecule has 0 aromatic heterocycles. The highest BCUT2D eigenvalue weighted by Gasteiger charge is 2.26. The van der Waals surface area contributed by atoms with E-state index in [1.54, 1.807) is 0 Å². The van der Waals surface area contributed by atoms with Crippen molar-refractivity contribution in [3.8, 4) is 0 Å². The Morgan fingerprint density at radius 2 is 2.33 bits per heavy atom. The van der Waals surface area contributed by atoms with Crippen molar-refractivity contribution in [1.82, 2.24) is 4.90 Å². The van der Waals surface area contributed by atoms with Crippen LogP contribution in [0.15, 0.2) is 5.16 Å². The van der Waals surface area contributed by atoms with Crippen molar-refractivity contribution < 1.29 is 5.21 Å². The molecule has 0 bridgehead atoms. The number of nitrogens with zero attached hydrogens (tertiary/aromatic N) is 2. The van der Waals surface area contributed by atoms with Crippen LogP contribution in [0.5, 0.6) is 0 Å². The molecule has 0 saturated carbocycles. The van der Waals surface area contributed by atoms with Crippen molar-refractivity contribution in [2.75, 3.05) is 18.8 Å². The molecule has 1 saturated heterocycles. The van der Waals surface area contributed by atoms with E-state index in [1.807, 2.05) is 18.7 Å². The lowest BCUT2D eigenvalue weighted by Gasteiger charge is -2.38. The second-order valence-corrected chi connectivity index (χ2v) is 5.72. The second kappa shape index (κ2) is 5.61. The molecule has 1 rings (SSSR count). The van der Waals surface area contributed by atoms with Crippen molar-refractivity contribution in [2.24, 2.45) is 16.8 Å². The van der Waals surface area contributed by atoms with Gasteiger partial charge in [0.1, 0.15) is 5.84 Å². The average molecular weight is 231 g/mol. The minimum Gasteiger partial charge on any atom is -0.409 e. The summed E-state index contributed by atoms with van der Waals surface area (Å²) >= 11 is 2.02. The molecule has 3 N–H and O–H groups in total. The number of nitrogens with two attached hydrogens (primary N) is 1. The Bertz CT molecular complexity index is 235. The largest absolute Gasteiger partial charge is 0.409 e. The monoisotopic (exact) mass is 231 g/mol. The topological polar surface area (TPSA) is 61.8 Å². The van der Waals surface area contributed by atoms with E-state index in [9.17, 15) is 0 Å². The molecule has 3 atom stereocenters. The van der Waals surface area contributed by atoms with E-state index in [1.165, 1.54) is 5.75 Å². The van der Waals surface area contributed by atoms with Crippen molar-refractivity contribution in [3.05, 3.63) is 0 Å². The van der Waals surface area contributed by atoms with Gasteiger partial charge in [0, 0.05) is 36.1 Å². The van der Waals surface area contributed by atoms with Gasteiger partial charge in [-0.25, -0.2) is 0 Å². The number of amidine groups is 1. The highest BCUT2D eigenvalue weighted by Crippen LogP contribution is 2.24. The smallest absolute Gasteiger partial charge is 0.143 e. The van der Waals surface area contributed by atoms with Crippen LogP contribution in [0.3, 0.4) is 0 Å². The third kappa shape index (κ3) is 3.28. The Morgan fingerprint density at radius 3 is 2.93 bits per heavy atom. The van der Waals surface area contributed by atoms with Gasteiger partial charge in [0.05, 0.1) is 0 Å². The molecule has 1 aliphatic heterocycles. The van der Waals surface area contributed by atoms with E-state index >= 15 is 0 Å². The Kier molecular flexibility index (Phi) is 4.73. The molecule has 0 amide bonds. The summed E-state index contributed by atoms with van der Waals surface area (Å²) in [5.74, 6) is 1.62. The van der Waals surface area contributed by atoms with E-state index in [-0.39, 0.29) is 5.92 Å². The summed E-state index contributed by atoms with van der Waals surface area (Å²) in [4.78, 5) is 2.42. The lowest BCUT2D eigenvalue weighted by molar-refractivity contribution is 0.199. The van der Waals surface area contributed by atoms with E-state index in [0.717, 1.165) is 13.1 Å². The molecule has 0 radical (unpaired) electrons. The van der Waals surface area contributed by atoms with Crippen molar-refractivity contribution in [1.29, 1.82) is 0 Å². The zero-order valence-electron chi connectivity index (χ0n) is 9.68. The number of thioether (sulfide) groups is 1. The number of hydrogen-bond donors (Lipinski definition) is 2. The van der Waals surface area contributed by atoms with Crippen LogP contribution in [0.2, 0.25) is 0 Å². The maximum Gasteiger partial charge on any atom is 0.143 e. The summed E-state index contributed by atoms with van der Waals surface area (Å²) in [6, 6.07) is 0.567. The fourth-order valence-corrected chi connectivity index (χ4v) is 2.96.